The number of rotatable bonds is 6. The molecule has 0 saturated heterocycles. The number of aromatic nitrogens is 3. The van der Waals surface area contributed by atoms with Crippen molar-refractivity contribution < 1.29 is 14.8 Å². The van der Waals surface area contributed by atoms with Gasteiger partial charge in [-0.15, -0.1) is 0 Å². The summed E-state index contributed by atoms with van der Waals surface area (Å²) in [4.78, 5) is 27.0. The van der Waals surface area contributed by atoms with Gasteiger partial charge in [0.05, 0.1) is 10.5 Å². The number of non-ortho nitro benzene ring substituents is 1. The highest BCUT2D eigenvalue weighted by molar-refractivity contribution is 5.95. The van der Waals surface area contributed by atoms with Gasteiger partial charge in [0, 0.05) is 30.9 Å². The molecule has 0 fully saturated rings. The Bertz CT molecular complexity index is 904. The molecule has 2 heterocycles. The maximum absolute atomic E-state index is 12.1. The zero-order valence-electron chi connectivity index (χ0n) is 14.0. The SMILES string of the molecule is CC1=C(C(N)=O)[C@@H](c2cccc([N+](=O)[O-])c2)n2nc(CCCO)nc2N1. The molecule has 0 spiro atoms. The van der Waals surface area contributed by atoms with Crippen molar-refractivity contribution in [2.75, 3.05) is 11.9 Å². The van der Waals surface area contributed by atoms with Gasteiger partial charge in [-0.3, -0.25) is 14.9 Å². The highest BCUT2D eigenvalue weighted by atomic mass is 16.6. The molecule has 0 aliphatic carbocycles. The van der Waals surface area contributed by atoms with Gasteiger partial charge in [0.15, 0.2) is 5.82 Å². The van der Waals surface area contributed by atoms with E-state index >= 15 is 0 Å². The molecule has 1 aromatic heterocycles. The molecule has 26 heavy (non-hydrogen) atoms. The largest absolute Gasteiger partial charge is 0.396 e. The Kier molecular flexibility index (Phi) is 4.67. The molecule has 136 valence electrons. The van der Waals surface area contributed by atoms with Crippen LogP contribution in [0.1, 0.15) is 30.8 Å². The smallest absolute Gasteiger partial charge is 0.269 e. The monoisotopic (exact) mass is 358 g/mol. The van der Waals surface area contributed by atoms with E-state index < -0.39 is 16.9 Å². The zero-order chi connectivity index (χ0) is 18.8. The zero-order valence-corrected chi connectivity index (χ0v) is 14.0. The van der Waals surface area contributed by atoms with Crippen LogP contribution in [0.2, 0.25) is 0 Å². The normalized spacial score (nSPS) is 16.2. The molecule has 1 aliphatic heterocycles. The van der Waals surface area contributed by atoms with E-state index in [2.05, 4.69) is 15.4 Å². The molecule has 0 saturated carbocycles. The summed E-state index contributed by atoms with van der Waals surface area (Å²) >= 11 is 0. The number of hydrogen-bond donors (Lipinski definition) is 3. The summed E-state index contributed by atoms with van der Waals surface area (Å²) in [7, 11) is 0. The number of nitrogens with two attached hydrogens (primary N) is 1. The van der Waals surface area contributed by atoms with Crippen LogP contribution in [0.25, 0.3) is 0 Å². The molecular weight excluding hydrogens is 340 g/mol. The summed E-state index contributed by atoms with van der Waals surface area (Å²) in [6.07, 6.45) is 0.963. The van der Waals surface area contributed by atoms with Crippen molar-refractivity contribution in [1.82, 2.24) is 14.8 Å². The summed E-state index contributed by atoms with van der Waals surface area (Å²) in [5.41, 5.74) is 6.75. The second-order valence-electron chi connectivity index (χ2n) is 5.91. The fourth-order valence-corrected chi connectivity index (χ4v) is 2.97. The lowest BCUT2D eigenvalue weighted by atomic mass is 9.95. The molecule has 2 aromatic rings. The van der Waals surface area contributed by atoms with Crippen LogP contribution in [0, 0.1) is 10.1 Å². The van der Waals surface area contributed by atoms with Gasteiger partial charge in [-0.1, -0.05) is 12.1 Å². The molecule has 1 amide bonds. The van der Waals surface area contributed by atoms with E-state index in [-0.39, 0.29) is 17.9 Å². The number of primary amides is 1. The van der Waals surface area contributed by atoms with Gasteiger partial charge in [0.2, 0.25) is 11.9 Å². The van der Waals surface area contributed by atoms with Gasteiger partial charge in [-0.25, -0.2) is 4.68 Å². The van der Waals surface area contributed by atoms with Crippen LogP contribution >= 0.6 is 0 Å². The number of nitro groups is 1. The lowest BCUT2D eigenvalue weighted by molar-refractivity contribution is -0.384. The molecule has 10 nitrogen and oxygen atoms in total. The van der Waals surface area contributed by atoms with E-state index in [1.165, 1.54) is 16.8 Å². The quantitative estimate of drug-likeness (QED) is 0.512. The van der Waals surface area contributed by atoms with Crippen LogP contribution in [-0.2, 0) is 11.2 Å². The molecular formula is C16H18N6O4. The third kappa shape index (κ3) is 3.14. The van der Waals surface area contributed by atoms with Crippen LogP contribution < -0.4 is 11.1 Å². The lowest BCUT2D eigenvalue weighted by Gasteiger charge is -2.27. The maximum Gasteiger partial charge on any atom is 0.269 e. The molecule has 10 heteroatoms. The highest BCUT2D eigenvalue weighted by Gasteiger charge is 2.33. The van der Waals surface area contributed by atoms with Crippen molar-refractivity contribution in [3.05, 3.63) is 57.0 Å². The molecule has 0 bridgehead atoms. The van der Waals surface area contributed by atoms with Crippen molar-refractivity contribution in [1.29, 1.82) is 0 Å². The number of amides is 1. The average molecular weight is 358 g/mol. The molecule has 3 rings (SSSR count). The van der Waals surface area contributed by atoms with Gasteiger partial charge in [0.1, 0.15) is 6.04 Å². The average Bonchev–Trinajstić information content (AvgIpc) is 3.00. The Balaban J connectivity index is 2.13. The number of aliphatic hydroxyl groups excluding tert-OH is 1. The van der Waals surface area contributed by atoms with Gasteiger partial charge in [0.25, 0.3) is 5.69 Å². The summed E-state index contributed by atoms with van der Waals surface area (Å²) in [5.74, 6) is 0.261. The second-order valence-corrected chi connectivity index (χ2v) is 5.91. The number of aliphatic hydroxyl groups is 1. The van der Waals surface area contributed by atoms with Crippen LogP contribution in [0.15, 0.2) is 35.5 Å². The van der Waals surface area contributed by atoms with Crippen LogP contribution in [-0.4, -0.2) is 37.3 Å². The van der Waals surface area contributed by atoms with Crippen molar-refractivity contribution in [3.63, 3.8) is 0 Å². The number of hydrogen-bond acceptors (Lipinski definition) is 7. The topological polar surface area (TPSA) is 149 Å². The number of aryl methyl sites for hydroxylation is 1. The van der Waals surface area contributed by atoms with E-state index in [1.807, 2.05) is 0 Å². The Morgan fingerprint density at radius 3 is 2.92 bits per heavy atom. The molecule has 1 aromatic carbocycles. The van der Waals surface area contributed by atoms with Crippen molar-refractivity contribution >= 4 is 17.5 Å². The minimum Gasteiger partial charge on any atom is -0.396 e. The lowest BCUT2D eigenvalue weighted by Crippen LogP contribution is -2.31. The first-order chi connectivity index (χ1) is 12.4. The molecule has 4 N–H and O–H groups in total. The first kappa shape index (κ1) is 17.5. The summed E-state index contributed by atoms with van der Waals surface area (Å²) < 4.78 is 1.50. The number of carbonyl (C=O) groups excluding carboxylic acids is 1. The van der Waals surface area contributed by atoms with Crippen molar-refractivity contribution in [2.24, 2.45) is 5.73 Å². The summed E-state index contributed by atoms with van der Waals surface area (Å²) in [5, 5.41) is 27.5. The molecule has 0 radical (unpaired) electrons. The van der Waals surface area contributed by atoms with Gasteiger partial charge < -0.3 is 16.2 Å². The van der Waals surface area contributed by atoms with Crippen molar-refractivity contribution in [2.45, 2.75) is 25.8 Å². The van der Waals surface area contributed by atoms with E-state index in [4.69, 9.17) is 10.8 Å². The van der Waals surface area contributed by atoms with Crippen LogP contribution in [0.4, 0.5) is 11.6 Å². The van der Waals surface area contributed by atoms with Crippen LogP contribution in [0.3, 0.4) is 0 Å². The Morgan fingerprint density at radius 2 is 2.27 bits per heavy atom. The Labute approximate surface area is 148 Å². The molecule has 0 unspecified atom stereocenters. The maximum atomic E-state index is 12.1. The highest BCUT2D eigenvalue weighted by Crippen LogP contribution is 2.35. The first-order valence-electron chi connectivity index (χ1n) is 8.00. The number of nitrogens with one attached hydrogen (secondary N) is 1. The summed E-state index contributed by atoms with van der Waals surface area (Å²) in [6.45, 7) is 1.70. The number of nitro benzene ring substituents is 1. The minimum atomic E-state index is -0.723. The number of allylic oxidation sites excluding steroid dienone is 1. The number of carbonyl (C=O) groups is 1. The number of fused-ring (bicyclic) bond motifs is 1. The molecule has 1 aliphatic rings. The second kappa shape index (κ2) is 6.92. The van der Waals surface area contributed by atoms with Gasteiger partial charge >= 0.3 is 0 Å². The van der Waals surface area contributed by atoms with Crippen LogP contribution in [0.5, 0.6) is 0 Å². The number of anilines is 1. The predicted octanol–water partition coefficient (Wildman–Crippen LogP) is 0.885. The van der Waals surface area contributed by atoms with E-state index in [0.717, 1.165) is 0 Å². The molecule has 1 atom stereocenters. The standard InChI is InChI=1S/C16H18N6O4/c1-9-13(15(17)24)14(10-4-2-5-11(8-10)22(25)26)21-16(18-9)19-12(20-21)6-3-7-23/h2,4-5,8,14,23H,3,6-7H2,1H3,(H2,17,24)(H,18,19,20)/t14-/m1/s1. The summed E-state index contributed by atoms with van der Waals surface area (Å²) in [6, 6.07) is 5.27. The number of nitrogens with zero attached hydrogens (tertiary/aromatic N) is 4. The van der Waals surface area contributed by atoms with E-state index in [1.54, 1.807) is 19.1 Å². The third-order valence-electron chi connectivity index (χ3n) is 4.12. The fraction of sp³-hybridized carbons (Fsp3) is 0.312. The van der Waals surface area contributed by atoms with Gasteiger partial charge in [-0.05, 0) is 18.9 Å². The first-order valence-corrected chi connectivity index (χ1v) is 8.00. The number of benzene rings is 1. The minimum absolute atomic E-state index is 0.00935. The van der Waals surface area contributed by atoms with Gasteiger partial charge in [-0.2, -0.15) is 10.1 Å². The van der Waals surface area contributed by atoms with Crippen molar-refractivity contribution in [3.8, 4) is 0 Å². The third-order valence-corrected chi connectivity index (χ3v) is 4.12. The predicted molar refractivity (Wildman–Crippen MR) is 92.2 cm³/mol. The Morgan fingerprint density at radius 1 is 1.50 bits per heavy atom. The Hall–Kier alpha value is -3.27. The van der Waals surface area contributed by atoms with E-state index in [9.17, 15) is 14.9 Å². The van der Waals surface area contributed by atoms with E-state index in [0.29, 0.717) is 35.9 Å². The fourth-order valence-electron chi connectivity index (χ4n) is 2.97.